The molecule has 0 aliphatic carbocycles. The van der Waals surface area contributed by atoms with E-state index < -0.39 is 0 Å². The van der Waals surface area contributed by atoms with Crippen LogP contribution in [0.2, 0.25) is 0 Å². The molecular weight excluding hydrogens is 425 g/mol. The topological polar surface area (TPSA) is 83.4 Å². The number of nitrogens with two attached hydrogens (primary N) is 1. The van der Waals surface area contributed by atoms with Crippen LogP contribution in [-0.4, -0.2) is 20.2 Å². The monoisotopic (exact) mass is 451 g/mol. The third-order valence-electron chi connectivity index (χ3n) is 5.62. The van der Waals surface area contributed by atoms with E-state index in [0.29, 0.717) is 5.70 Å². The number of rotatable bonds is 6. The van der Waals surface area contributed by atoms with Crippen LogP contribution in [0.5, 0.6) is 0 Å². The second-order valence-electron chi connectivity index (χ2n) is 7.79. The highest BCUT2D eigenvalue weighted by molar-refractivity contribution is 5.97. The summed E-state index contributed by atoms with van der Waals surface area (Å²) in [5.74, 6) is -0.290. The minimum atomic E-state index is -0.290. The first kappa shape index (κ1) is 22.7. The molecule has 0 amide bonds. The predicted octanol–water partition coefficient (Wildman–Crippen LogP) is 4.87. The number of halogens is 1. The number of aromatic nitrogens is 4. The molecule has 0 fully saturated rings. The number of aromatic amines is 2. The first-order chi connectivity index (χ1) is 16.4. The standard InChI is InChI=1S/C28H26FN5/c1-5-18(13-21(30)6-2)17(4)11-23-25(7-3)33-34-28(23)26-14-22-24(15-31-16-27(22)32-26)19-9-8-10-20(29)12-19/h5-16,32-33H,2,4,30H2,1,3H3/b18-5+,21-13+,23-11+,25-7+. The highest BCUT2D eigenvalue weighted by atomic mass is 19.1. The highest BCUT2D eigenvalue weighted by Crippen LogP contribution is 2.30. The summed E-state index contributed by atoms with van der Waals surface area (Å²) < 4.78 is 13.9. The molecule has 0 aliphatic rings. The molecule has 0 saturated carbocycles. The number of fused-ring (bicyclic) bond motifs is 1. The van der Waals surface area contributed by atoms with E-state index >= 15 is 0 Å². The fourth-order valence-electron chi connectivity index (χ4n) is 3.86. The van der Waals surface area contributed by atoms with Gasteiger partial charge in [-0.3, -0.25) is 10.1 Å². The van der Waals surface area contributed by atoms with E-state index in [1.54, 1.807) is 24.5 Å². The third kappa shape index (κ3) is 4.38. The van der Waals surface area contributed by atoms with E-state index in [0.717, 1.165) is 55.1 Å². The van der Waals surface area contributed by atoms with Crippen molar-refractivity contribution in [2.75, 3.05) is 0 Å². The van der Waals surface area contributed by atoms with Crippen molar-refractivity contribution in [3.63, 3.8) is 0 Å². The van der Waals surface area contributed by atoms with Crippen molar-refractivity contribution in [3.8, 4) is 22.5 Å². The van der Waals surface area contributed by atoms with Crippen molar-refractivity contribution in [1.29, 1.82) is 0 Å². The first-order valence-corrected chi connectivity index (χ1v) is 10.9. The summed E-state index contributed by atoms with van der Waals surface area (Å²) in [5, 5.41) is 10.4. The van der Waals surface area contributed by atoms with E-state index in [2.05, 4.69) is 33.3 Å². The lowest BCUT2D eigenvalue weighted by atomic mass is 10.0. The van der Waals surface area contributed by atoms with E-state index in [1.165, 1.54) is 12.1 Å². The van der Waals surface area contributed by atoms with Gasteiger partial charge in [-0.05, 0) is 67.0 Å². The van der Waals surface area contributed by atoms with E-state index in [4.69, 9.17) is 5.73 Å². The van der Waals surface area contributed by atoms with Crippen molar-refractivity contribution in [1.82, 2.24) is 20.2 Å². The number of pyridine rings is 1. The zero-order valence-corrected chi connectivity index (χ0v) is 19.2. The van der Waals surface area contributed by atoms with Crippen LogP contribution in [0, 0.1) is 5.82 Å². The van der Waals surface area contributed by atoms with Crippen molar-refractivity contribution in [2.24, 2.45) is 5.73 Å². The zero-order valence-electron chi connectivity index (χ0n) is 19.2. The van der Waals surface area contributed by atoms with Crippen molar-refractivity contribution >= 4 is 23.1 Å². The molecule has 34 heavy (non-hydrogen) atoms. The Morgan fingerprint density at radius 3 is 2.71 bits per heavy atom. The lowest BCUT2D eigenvalue weighted by Gasteiger charge is -2.02. The second kappa shape index (κ2) is 9.58. The molecule has 0 atom stereocenters. The summed E-state index contributed by atoms with van der Waals surface area (Å²) in [6, 6.07) is 8.51. The third-order valence-corrected chi connectivity index (χ3v) is 5.62. The second-order valence-corrected chi connectivity index (χ2v) is 7.79. The van der Waals surface area contributed by atoms with Gasteiger partial charge in [0.25, 0.3) is 0 Å². The van der Waals surface area contributed by atoms with Crippen LogP contribution in [0.25, 0.3) is 45.6 Å². The summed E-state index contributed by atoms with van der Waals surface area (Å²) in [7, 11) is 0. The number of hydrogen-bond acceptors (Lipinski definition) is 3. The van der Waals surface area contributed by atoms with Crippen LogP contribution in [0.1, 0.15) is 13.8 Å². The molecule has 0 spiro atoms. The largest absolute Gasteiger partial charge is 0.399 e. The summed E-state index contributed by atoms with van der Waals surface area (Å²) in [5.41, 5.74) is 12.2. The molecule has 4 N–H and O–H groups in total. The first-order valence-electron chi connectivity index (χ1n) is 10.9. The Labute approximate surface area is 197 Å². The maximum Gasteiger partial charge on any atom is 0.123 e. The smallest absolute Gasteiger partial charge is 0.123 e. The van der Waals surface area contributed by atoms with Gasteiger partial charge < -0.3 is 10.7 Å². The molecule has 3 aromatic heterocycles. The SMILES string of the molecule is C=C/C(N)=C\C(=C/C)C(=C)/C=c1/c(-c2cc3c(-c4cccc(F)c4)cncc3[nH]2)n[nH]/c1=C/C. The molecule has 0 radical (unpaired) electrons. The van der Waals surface area contributed by atoms with Crippen molar-refractivity contribution in [2.45, 2.75) is 13.8 Å². The molecule has 5 nitrogen and oxygen atoms in total. The predicted molar refractivity (Wildman–Crippen MR) is 138 cm³/mol. The van der Waals surface area contributed by atoms with Gasteiger partial charge in [0.2, 0.25) is 0 Å². The summed E-state index contributed by atoms with van der Waals surface area (Å²) in [6.07, 6.45) is 12.8. The van der Waals surface area contributed by atoms with Crippen LogP contribution in [0.4, 0.5) is 4.39 Å². The minimum absolute atomic E-state index is 0.290. The molecule has 6 heteroatoms. The van der Waals surface area contributed by atoms with Gasteiger partial charge in [-0.2, -0.15) is 5.10 Å². The van der Waals surface area contributed by atoms with Crippen LogP contribution < -0.4 is 16.3 Å². The summed E-state index contributed by atoms with van der Waals surface area (Å²) >= 11 is 0. The Bertz CT molecular complexity index is 1580. The summed E-state index contributed by atoms with van der Waals surface area (Å²) in [4.78, 5) is 7.75. The van der Waals surface area contributed by atoms with Crippen LogP contribution >= 0.6 is 0 Å². The number of nitrogens with one attached hydrogen (secondary N) is 2. The molecule has 1 aromatic carbocycles. The molecule has 4 aromatic rings. The van der Waals surface area contributed by atoms with Gasteiger partial charge in [0.1, 0.15) is 11.5 Å². The Balaban J connectivity index is 1.87. The van der Waals surface area contributed by atoms with E-state index in [-0.39, 0.29) is 5.82 Å². The van der Waals surface area contributed by atoms with Crippen molar-refractivity contribution < 1.29 is 4.39 Å². The normalized spacial score (nSPS) is 13.6. The fourth-order valence-corrected chi connectivity index (χ4v) is 3.86. The van der Waals surface area contributed by atoms with E-state index in [1.807, 2.05) is 50.3 Å². The fraction of sp³-hybridized carbons (Fsp3) is 0.0714. The molecule has 0 unspecified atom stereocenters. The number of nitrogens with zero attached hydrogens (tertiary/aromatic N) is 2. The lowest BCUT2D eigenvalue weighted by molar-refractivity contribution is 0.628. The van der Waals surface area contributed by atoms with Gasteiger partial charge >= 0.3 is 0 Å². The molecule has 4 rings (SSSR count). The van der Waals surface area contributed by atoms with Gasteiger partial charge in [0.15, 0.2) is 0 Å². The number of H-pyrrole nitrogens is 2. The van der Waals surface area contributed by atoms with Gasteiger partial charge in [0.05, 0.1) is 22.8 Å². The maximum absolute atomic E-state index is 13.9. The molecule has 0 bridgehead atoms. The Kier molecular flexibility index (Phi) is 6.41. The van der Waals surface area contributed by atoms with Gasteiger partial charge in [-0.15, -0.1) is 0 Å². The van der Waals surface area contributed by atoms with Gasteiger partial charge in [-0.25, -0.2) is 4.39 Å². The van der Waals surface area contributed by atoms with E-state index in [9.17, 15) is 4.39 Å². The van der Waals surface area contributed by atoms with Gasteiger partial charge in [0, 0.05) is 28.1 Å². The molecular formula is C28H26FN5. The Hall–Kier alpha value is -4.45. The average Bonchev–Trinajstić information content (AvgIpc) is 3.45. The minimum Gasteiger partial charge on any atom is -0.399 e. The van der Waals surface area contributed by atoms with Crippen molar-refractivity contribution in [3.05, 3.63) is 107 Å². The Morgan fingerprint density at radius 1 is 1.18 bits per heavy atom. The average molecular weight is 452 g/mol. The maximum atomic E-state index is 13.9. The quantitative estimate of drug-likeness (QED) is 0.366. The lowest BCUT2D eigenvalue weighted by Crippen LogP contribution is -2.23. The van der Waals surface area contributed by atoms with Crippen LogP contribution in [0.3, 0.4) is 0 Å². The molecule has 3 heterocycles. The number of benzene rings is 1. The van der Waals surface area contributed by atoms with Crippen LogP contribution in [0.15, 0.2) is 91.0 Å². The van der Waals surface area contributed by atoms with Crippen LogP contribution in [-0.2, 0) is 0 Å². The zero-order chi connectivity index (χ0) is 24.2. The summed E-state index contributed by atoms with van der Waals surface area (Å²) in [6.45, 7) is 11.8. The Morgan fingerprint density at radius 2 is 2.00 bits per heavy atom. The number of allylic oxidation sites excluding steroid dienone is 5. The number of hydrogen-bond donors (Lipinski definition) is 3. The molecule has 0 saturated heterocycles. The molecule has 0 aliphatic heterocycles. The van der Waals surface area contributed by atoms with Gasteiger partial charge in [-0.1, -0.05) is 37.4 Å². The highest BCUT2D eigenvalue weighted by Gasteiger charge is 2.13. The molecule has 170 valence electrons.